The lowest BCUT2D eigenvalue weighted by molar-refractivity contribution is 0.122. The fraction of sp³-hybridized carbons (Fsp3) is 0.800. The topological polar surface area (TPSA) is 3.24 Å². The van der Waals surface area contributed by atoms with Crippen molar-refractivity contribution in [3.8, 4) is 0 Å². The van der Waals surface area contributed by atoms with E-state index >= 15 is 0 Å². The average molecular weight is 153 g/mol. The van der Waals surface area contributed by atoms with Gasteiger partial charge in [0, 0.05) is 18.3 Å². The molecule has 11 heavy (non-hydrogen) atoms. The third-order valence-electron chi connectivity index (χ3n) is 2.81. The van der Waals surface area contributed by atoms with Crippen molar-refractivity contribution in [3.63, 3.8) is 0 Å². The second-order valence-corrected chi connectivity index (χ2v) is 4.45. The molecule has 0 aromatic carbocycles. The smallest absolute Gasteiger partial charge is 0.0342 e. The molecule has 1 rings (SSSR count). The summed E-state index contributed by atoms with van der Waals surface area (Å²) in [6, 6.07) is 0. The van der Waals surface area contributed by atoms with Crippen LogP contribution in [-0.4, -0.2) is 17.5 Å². The summed E-state index contributed by atoms with van der Waals surface area (Å²) in [5.41, 5.74) is 1.60. The van der Waals surface area contributed by atoms with E-state index in [0.29, 0.717) is 5.54 Å². The highest BCUT2D eigenvalue weighted by Gasteiger charge is 2.31. The molecule has 0 spiro atoms. The average Bonchev–Trinajstić information content (AvgIpc) is 1.81. The van der Waals surface area contributed by atoms with Gasteiger partial charge in [0.1, 0.15) is 0 Å². The molecule has 0 aromatic rings. The number of rotatable bonds is 0. The molecule has 1 unspecified atom stereocenters. The molecular formula is C10H19N. The maximum atomic E-state index is 4.07. The minimum atomic E-state index is 0.314. The summed E-state index contributed by atoms with van der Waals surface area (Å²) in [7, 11) is 2.15. The van der Waals surface area contributed by atoms with E-state index in [1.165, 1.54) is 18.5 Å². The van der Waals surface area contributed by atoms with Crippen molar-refractivity contribution < 1.29 is 0 Å². The summed E-state index contributed by atoms with van der Waals surface area (Å²) in [5, 5.41) is 0. The number of hydrogen-bond acceptors (Lipinski definition) is 1. The van der Waals surface area contributed by atoms with Gasteiger partial charge in [-0.1, -0.05) is 13.5 Å². The van der Waals surface area contributed by atoms with Crippen LogP contribution in [0.1, 0.15) is 33.6 Å². The van der Waals surface area contributed by atoms with Crippen molar-refractivity contribution in [2.45, 2.75) is 39.2 Å². The van der Waals surface area contributed by atoms with Gasteiger partial charge in [0.2, 0.25) is 0 Å². The Kier molecular flexibility index (Phi) is 2.00. The molecule has 1 aliphatic heterocycles. The van der Waals surface area contributed by atoms with Gasteiger partial charge in [0.05, 0.1) is 0 Å². The summed E-state index contributed by atoms with van der Waals surface area (Å²) < 4.78 is 0. The molecule has 1 aliphatic rings. The Labute approximate surface area is 70.1 Å². The fourth-order valence-corrected chi connectivity index (χ4v) is 2.03. The maximum Gasteiger partial charge on any atom is 0.0342 e. The minimum Gasteiger partial charge on any atom is -0.373 e. The maximum absolute atomic E-state index is 4.07. The van der Waals surface area contributed by atoms with Gasteiger partial charge < -0.3 is 4.90 Å². The molecule has 0 bridgehead atoms. The van der Waals surface area contributed by atoms with Crippen LogP contribution in [0.5, 0.6) is 0 Å². The van der Waals surface area contributed by atoms with Crippen LogP contribution < -0.4 is 0 Å². The first-order valence-electron chi connectivity index (χ1n) is 4.35. The first kappa shape index (κ1) is 8.63. The normalized spacial score (nSPS) is 30.7. The number of piperidine rings is 1. The monoisotopic (exact) mass is 153 g/mol. The molecule has 64 valence electrons. The van der Waals surface area contributed by atoms with E-state index in [1.807, 2.05) is 0 Å². The quantitative estimate of drug-likeness (QED) is 0.517. The lowest BCUT2D eigenvalue weighted by Crippen LogP contribution is -2.45. The largest absolute Gasteiger partial charge is 0.373 e. The van der Waals surface area contributed by atoms with Crippen LogP contribution >= 0.6 is 0 Å². The van der Waals surface area contributed by atoms with Gasteiger partial charge in [-0.15, -0.1) is 0 Å². The lowest BCUT2D eigenvalue weighted by atomic mass is 9.83. The highest BCUT2D eigenvalue weighted by atomic mass is 15.2. The number of hydrogen-bond donors (Lipinski definition) is 0. The Hall–Kier alpha value is -0.460. The number of likely N-dealkylation sites (tertiary alicyclic amines) is 1. The summed E-state index contributed by atoms with van der Waals surface area (Å²) in [6.07, 6.45) is 2.45. The van der Waals surface area contributed by atoms with Gasteiger partial charge in [-0.2, -0.15) is 0 Å². The van der Waals surface area contributed by atoms with Gasteiger partial charge >= 0.3 is 0 Å². The predicted molar refractivity (Wildman–Crippen MR) is 49.4 cm³/mol. The van der Waals surface area contributed by atoms with Crippen molar-refractivity contribution in [2.75, 3.05) is 7.05 Å². The Balaban J connectivity index is 2.75. The van der Waals surface area contributed by atoms with E-state index in [0.717, 1.165) is 5.92 Å². The van der Waals surface area contributed by atoms with Crippen LogP contribution in [0.3, 0.4) is 0 Å². The second-order valence-electron chi connectivity index (χ2n) is 4.45. The van der Waals surface area contributed by atoms with E-state index in [9.17, 15) is 0 Å². The van der Waals surface area contributed by atoms with Crippen LogP contribution in [0.4, 0.5) is 0 Å². The summed E-state index contributed by atoms with van der Waals surface area (Å²) in [6.45, 7) is 10.9. The summed E-state index contributed by atoms with van der Waals surface area (Å²) in [5.74, 6) is 0.800. The minimum absolute atomic E-state index is 0.314. The molecule has 1 fully saturated rings. The standard InChI is InChI=1S/C10H19N/c1-8-6-9(2)11(5)10(3,4)7-8/h8H,2,6-7H2,1,3-5H3. The molecule has 1 saturated heterocycles. The third kappa shape index (κ3) is 1.58. The fourth-order valence-electron chi connectivity index (χ4n) is 2.03. The Morgan fingerprint density at radius 3 is 2.55 bits per heavy atom. The van der Waals surface area contributed by atoms with Crippen LogP contribution in [0.15, 0.2) is 12.3 Å². The molecule has 0 aromatic heterocycles. The van der Waals surface area contributed by atoms with E-state index in [2.05, 4.69) is 39.3 Å². The SMILES string of the molecule is C=C1CC(C)CC(C)(C)N1C. The molecule has 1 atom stereocenters. The van der Waals surface area contributed by atoms with Crippen LogP contribution in [-0.2, 0) is 0 Å². The zero-order valence-corrected chi connectivity index (χ0v) is 8.15. The molecule has 0 N–H and O–H groups in total. The number of nitrogens with zero attached hydrogens (tertiary/aromatic N) is 1. The predicted octanol–water partition coefficient (Wildman–Crippen LogP) is 2.64. The molecular weight excluding hydrogens is 134 g/mol. The molecule has 0 saturated carbocycles. The number of allylic oxidation sites excluding steroid dienone is 1. The van der Waals surface area contributed by atoms with Gasteiger partial charge in [-0.3, -0.25) is 0 Å². The molecule has 0 aliphatic carbocycles. The zero-order valence-electron chi connectivity index (χ0n) is 8.15. The summed E-state index contributed by atoms with van der Waals surface area (Å²) >= 11 is 0. The highest BCUT2D eigenvalue weighted by Crippen LogP contribution is 2.34. The molecule has 1 heteroatoms. The van der Waals surface area contributed by atoms with Gasteiger partial charge in [0.25, 0.3) is 0 Å². The van der Waals surface area contributed by atoms with E-state index in [-0.39, 0.29) is 0 Å². The van der Waals surface area contributed by atoms with Crippen LogP contribution in [0.2, 0.25) is 0 Å². The van der Waals surface area contributed by atoms with Gasteiger partial charge in [-0.25, -0.2) is 0 Å². The summed E-state index contributed by atoms with van der Waals surface area (Å²) in [4.78, 5) is 2.31. The van der Waals surface area contributed by atoms with E-state index < -0.39 is 0 Å². The molecule has 1 nitrogen and oxygen atoms in total. The molecule has 0 radical (unpaired) electrons. The first-order valence-corrected chi connectivity index (χ1v) is 4.35. The lowest BCUT2D eigenvalue weighted by Gasteiger charge is -2.45. The first-order chi connectivity index (χ1) is 4.93. The van der Waals surface area contributed by atoms with Gasteiger partial charge in [-0.05, 0) is 32.6 Å². The van der Waals surface area contributed by atoms with Crippen molar-refractivity contribution in [1.82, 2.24) is 4.90 Å². The Morgan fingerprint density at radius 2 is 2.09 bits per heavy atom. The third-order valence-corrected chi connectivity index (χ3v) is 2.81. The van der Waals surface area contributed by atoms with Gasteiger partial charge in [0.15, 0.2) is 0 Å². The van der Waals surface area contributed by atoms with Crippen molar-refractivity contribution >= 4 is 0 Å². The van der Waals surface area contributed by atoms with Crippen molar-refractivity contribution in [1.29, 1.82) is 0 Å². The van der Waals surface area contributed by atoms with Crippen LogP contribution in [0, 0.1) is 5.92 Å². The van der Waals surface area contributed by atoms with E-state index in [4.69, 9.17) is 0 Å². The second kappa shape index (κ2) is 2.54. The van der Waals surface area contributed by atoms with Crippen molar-refractivity contribution in [2.24, 2.45) is 5.92 Å². The molecule has 0 amide bonds. The molecule has 1 heterocycles. The van der Waals surface area contributed by atoms with E-state index in [1.54, 1.807) is 0 Å². The highest BCUT2D eigenvalue weighted by molar-refractivity contribution is 5.05. The zero-order chi connectivity index (χ0) is 8.65. The van der Waals surface area contributed by atoms with Crippen molar-refractivity contribution in [3.05, 3.63) is 12.3 Å². The Morgan fingerprint density at radius 1 is 1.55 bits per heavy atom. The Bertz CT molecular complexity index is 170. The van der Waals surface area contributed by atoms with Crippen LogP contribution in [0.25, 0.3) is 0 Å².